The van der Waals surface area contributed by atoms with E-state index < -0.39 is 5.91 Å². The Hall–Kier alpha value is -3.86. The van der Waals surface area contributed by atoms with Crippen LogP contribution in [-0.2, 0) is 11.3 Å². The van der Waals surface area contributed by atoms with Gasteiger partial charge in [0.2, 0.25) is 5.95 Å². The van der Waals surface area contributed by atoms with Crippen LogP contribution < -0.4 is 10.6 Å². The largest absolute Gasteiger partial charge is 0.351 e. The highest BCUT2D eigenvalue weighted by atomic mass is 32.2. The van der Waals surface area contributed by atoms with Crippen molar-refractivity contribution in [2.45, 2.75) is 38.3 Å². The van der Waals surface area contributed by atoms with Crippen molar-refractivity contribution in [2.75, 3.05) is 5.32 Å². The molecule has 3 aromatic heterocycles. The molecule has 2 fully saturated rings. The standard InChI is InChI=1S/C23H22N8O2S/c32-21-19(34-23(33)30-21)12-17-7-10-25-22(29-17)28-16-5-3-15(4-6-16)26-13-14-2-1-9-24-20(14)18-8-11-27-31-18/h1-2,7-12,16H,3-6,13H2,(H,27,31)(H,25,28,29)(H,30,32,33)/b19-12-,26-15?. The number of aliphatic imine (C=N–C) groups is 1. The van der Waals surface area contributed by atoms with Gasteiger partial charge in [0.25, 0.3) is 11.1 Å². The van der Waals surface area contributed by atoms with E-state index in [1.807, 2.05) is 18.2 Å². The smallest absolute Gasteiger partial charge is 0.290 e. The molecule has 34 heavy (non-hydrogen) atoms. The highest BCUT2D eigenvalue weighted by Gasteiger charge is 2.25. The van der Waals surface area contributed by atoms with Crippen LogP contribution in [0.5, 0.6) is 0 Å². The summed E-state index contributed by atoms with van der Waals surface area (Å²) < 4.78 is 0. The van der Waals surface area contributed by atoms with E-state index in [0.29, 0.717) is 23.1 Å². The summed E-state index contributed by atoms with van der Waals surface area (Å²) in [4.78, 5) is 41.5. The summed E-state index contributed by atoms with van der Waals surface area (Å²) in [6, 6.07) is 7.83. The van der Waals surface area contributed by atoms with Crippen LogP contribution in [0.2, 0.25) is 0 Å². The molecule has 4 heterocycles. The molecule has 5 rings (SSSR count). The van der Waals surface area contributed by atoms with E-state index in [9.17, 15) is 9.59 Å². The number of nitrogens with zero attached hydrogens (tertiary/aromatic N) is 5. The molecule has 1 aliphatic carbocycles. The monoisotopic (exact) mass is 474 g/mol. The van der Waals surface area contributed by atoms with Gasteiger partial charge >= 0.3 is 0 Å². The predicted molar refractivity (Wildman–Crippen MR) is 130 cm³/mol. The topological polar surface area (TPSA) is 138 Å². The third-order valence-corrected chi connectivity index (χ3v) is 6.42. The van der Waals surface area contributed by atoms with E-state index in [1.165, 1.54) is 5.71 Å². The van der Waals surface area contributed by atoms with Crippen molar-refractivity contribution in [3.63, 3.8) is 0 Å². The maximum Gasteiger partial charge on any atom is 0.290 e. The van der Waals surface area contributed by atoms with Gasteiger partial charge in [-0.05, 0) is 61.7 Å². The maximum atomic E-state index is 11.7. The Morgan fingerprint density at radius 1 is 1.12 bits per heavy atom. The zero-order valence-corrected chi connectivity index (χ0v) is 19.0. The summed E-state index contributed by atoms with van der Waals surface area (Å²) >= 11 is 0.872. The summed E-state index contributed by atoms with van der Waals surface area (Å²) in [6.45, 7) is 0.587. The Bertz CT molecular complexity index is 1260. The van der Waals surface area contributed by atoms with E-state index in [2.05, 4.69) is 35.8 Å². The van der Waals surface area contributed by atoms with Gasteiger partial charge in [-0.15, -0.1) is 0 Å². The third kappa shape index (κ3) is 5.20. The number of thioether (sulfide) groups is 1. The number of hydrogen-bond donors (Lipinski definition) is 3. The normalized spacial score (nSPS) is 19.4. The van der Waals surface area contributed by atoms with Gasteiger partial charge in [0.05, 0.1) is 28.5 Å². The minimum absolute atomic E-state index is 0.242. The molecule has 1 saturated heterocycles. The van der Waals surface area contributed by atoms with Gasteiger partial charge in [-0.25, -0.2) is 9.97 Å². The average Bonchev–Trinajstić information content (AvgIpc) is 3.49. The second-order valence-corrected chi connectivity index (χ2v) is 8.95. The van der Waals surface area contributed by atoms with E-state index in [4.69, 9.17) is 4.99 Å². The van der Waals surface area contributed by atoms with Crippen molar-refractivity contribution in [2.24, 2.45) is 4.99 Å². The molecule has 2 amide bonds. The Balaban J connectivity index is 1.18. The molecule has 0 atom stereocenters. The van der Waals surface area contributed by atoms with Gasteiger partial charge < -0.3 is 5.32 Å². The molecule has 0 radical (unpaired) electrons. The van der Waals surface area contributed by atoms with E-state index in [0.717, 1.165) is 54.4 Å². The summed E-state index contributed by atoms with van der Waals surface area (Å²) in [5, 5.41) is 12.2. The van der Waals surface area contributed by atoms with Gasteiger partial charge in [0.15, 0.2) is 0 Å². The van der Waals surface area contributed by atoms with Crippen LogP contribution >= 0.6 is 11.8 Å². The first kappa shape index (κ1) is 22.0. The van der Waals surface area contributed by atoms with Crippen LogP contribution in [0.3, 0.4) is 0 Å². The second-order valence-electron chi connectivity index (χ2n) is 7.94. The Labute approximate surface area is 199 Å². The summed E-state index contributed by atoms with van der Waals surface area (Å²) in [6.07, 6.45) is 10.4. The molecule has 172 valence electrons. The Morgan fingerprint density at radius 2 is 2.00 bits per heavy atom. The number of anilines is 1. The van der Waals surface area contributed by atoms with Gasteiger partial charge in [-0.1, -0.05) is 6.07 Å². The molecule has 1 aliphatic heterocycles. The third-order valence-electron chi connectivity index (χ3n) is 5.61. The second kappa shape index (κ2) is 9.96. The number of hydrogen-bond acceptors (Lipinski definition) is 9. The zero-order valence-electron chi connectivity index (χ0n) is 18.2. The highest BCUT2D eigenvalue weighted by Crippen LogP contribution is 2.26. The van der Waals surface area contributed by atoms with Crippen LogP contribution in [0.15, 0.2) is 52.8 Å². The quantitative estimate of drug-likeness (QED) is 0.461. The van der Waals surface area contributed by atoms with E-state index in [-0.39, 0.29) is 11.3 Å². The molecule has 0 spiro atoms. The van der Waals surface area contributed by atoms with Crippen LogP contribution in [-0.4, -0.2) is 48.0 Å². The fourth-order valence-electron chi connectivity index (χ4n) is 3.91. The molecule has 3 N–H and O–H groups in total. The van der Waals surface area contributed by atoms with Crippen molar-refractivity contribution in [1.29, 1.82) is 0 Å². The molecule has 0 unspecified atom stereocenters. The van der Waals surface area contributed by atoms with Crippen molar-refractivity contribution in [3.05, 3.63) is 59.0 Å². The molecule has 3 aromatic rings. The number of rotatable bonds is 6. The highest BCUT2D eigenvalue weighted by molar-refractivity contribution is 8.18. The Kier molecular flexibility index (Phi) is 6.43. The van der Waals surface area contributed by atoms with Crippen molar-refractivity contribution in [3.8, 4) is 11.4 Å². The van der Waals surface area contributed by atoms with Crippen LogP contribution in [0, 0.1) is 0 Å². The maximum absolute atomic E-state index is 11.7. The van der Waals surface area contributed by atoms with Crippen molar-refractivity contribution < 1.29 is 9.59 Å². The lowest BCUT2D eigenvalue weighted by atomic mass is 9.93. The Morgan fingerprint density at radius 3 is 2.76 bits per heavy atom. The number of aromatic amines is 1. The van der Waals surface area contributed by atoms with Crippen LogP contribution in [0.25, 0.3) is 17.5 Å². The number of imide groups is 1. The summed E-state index contributed by atoms with van der Waals surface area (Å²) in [5.41, 5.74) is 4.61. The summed E-state index contributed by atoms with van der Waals surface area (Å²) in [5.74, 6) is 0.110. The molecule has 0 aromatic carbocycles. The number of amides is 2. The molecule has 1 saturated carbocycles. The molecular formula is C23H22N8O2S. The molecule has 2 aliphatic rings. The number of carbonyl (C=O) groups is 2. The van der Waals surface area contributed by atoms with Gasteiger partial charge in [-0.2, -0.15) is 5.10 Å². The number of H-pyrrole nitrogens is 1. The number of carbonyl (C=O) groups excluding carboxylic acids is 2. The van der Waals surface area contributed by atoms with Crippen molar-refractivity contribution >= 4 is 40.6 Å². The SMILES string of the molecule is O=C1NC(=O)/C(=C/c2ccnc(NC3CCC(=NCc4cccnc4-c4ccn[nH]4)CC3)n2)S1. The lowest BCUT2D eigenvalue weighted by Gasteiger charge is -2.24. The lowest BCUT2D eigenvalue weighted by Crippen LogP contribution is -2.27. The van der Waals surface area contributed by atoms with Crippen molar-refractivity contribution in [1.82, 2.24) is 30.5 Å². The minimum Gasteiger partial charge on any atom is -0.351 e. The molecule has 10 nitrogen and oxygen atoms in total. The molecular weight excluding hydrogens is 452 g/mol. The first-order valence-corrected chi connectivity index (χ1v) is 11.8. The van der Waals surface area contributed by atoms with Crippen LogP contribution in [0.1, 0.15) is 36.9 Å². The number of aromatic nitrogens is 5. The number of pyridine rings is 1. The fraction of sp³-hybridized carbons (Fsp3) is 0.261. The average molecular weight is 475 g/mol. The first-order chi connectivity index (χ1) is 16.6. The van der Waals surface area contributed by atoms with E-state index >= 15 is 0 Å². The first-order valence-electron chi connectivity index (χ1n) is 10.9. The molecule has 0 bridgehead atoms. The predicted octanol–water partition coefficient (Wildman–Crippen LogP) is 3.58. The minimum atomic E-state index is -0.398. The van der Waals surface area contributed by atoms with Crippen LogP contribution in [0.4, 0.5) is 10.7 Å². The lowest BCUT2D eigenvalue weighted by molar-refractivity contribution is -0.115. The zero-order chi connectivity index (χ0) is 23.3. The van der Waals surface area contributed by atoms with Gasteiger partial charge in [-0.3, -0.25) is 30.0 Å². The fourth-order valence-corrected chi connectivity index (χ4v) is 4.57. The van der Waals surface area contributed by atoms with Gasteiger partial charge in [0.1, 0.15) is 0 Å². The summed E-state index contributed by atoms with van der Waals surface area (Å²) in [7, 11) is 0. The van der Waals surface area contributed by atoms with E-state index in [1.54, 1.807) is 30.7 Å². The molecule has 11 heteroatoms. The van der Waals surface area contributed by atoms with Gasteiger partial charge in [0, 0.05) is 35.9 Å². The number of nitrogens with one attached hydrogen (secondary N) is 3.